The molecule has 0 spiro atoms. The van der Waals surface area contributed by atoms with E-state index in [1.54, 1.807) is 6.92 Å². The van der Waals surface area contributed by atoms with Gasteiger partial charge in [0.15, 0.2) is 5.69 Å². The van der Waals surface area contributed by atoms with E-state index in [0.29, 0.717) is 13.2 Å². The van der Waals surface area contributed by atoms with Crippen LogP contribution in [0.5, 0.6) is 0 Å². The van der Waals surface area contributed by atoms with Crippen LogP contribution in [0.25, 0.3) is 0 Å². The summed E-state index contributed by atoms with van der Waals surface area (Å²) in [6.07, 6.45) is -4.72. The minimum atomic E-state index is -4.45. The van der Waals surface area contributed by atoms with E-state index >= 15 is 0 Å². The van der Waals surface area contributed by atoms with Gasteiger partial charge < -0.3 is 15.4 Å². The van der Waals surface area contributed by atoms with E-state index in [-0.39, 0.29) is 36.0 Å². The van der Waals surface area contributed by atoms with Crippen LogP contribution in [0.1, 0.15) is 17.6 Å². The van der Waals surface area contributed by atoms with Gasteiger partial charge in [-0.25, -0.2) is 4.98 Å². The summed E-state index contributed by atoms with van der Waals surface area (Å²) in [4.78, 5) is 15.3. The summed E-state index contributed by atoms with van der Waals surface area (Å²) in [6, 6.07) is -0.495. The van der Waals surface area contributed by atoms with Crippen LogP contribution in [-0.4, -0.2) is 36.2 Å². The number of aromatic nitrogens is 1. The Balaban J connectivity index is 0.00000220. The maximum Gasteiger partial charge on any atom is 0.434 e. The minimum Gasteiger partial charge on any atom is -0.375 e. The van der Waals surface area contributed by atoms with Gasteiger partial charge in [-0.1, -0.05) is 0 Å². The molecule has 1 aliphatic heterocycles. The summed E-state index contributed by atoms with van der Waals surface area (Å²) in [5.74, 6) is -0.305. The van der Waals surface area contributed by atoms with Crippen molar-refractivity contribution in [2.24, 2.45) is 0 Å². The van der Waals surface area contributed by atoms with E-state index in [1.165, 1.54) is 0 Å². The molecular weight excluding hydrogens is 331 g/mol. The second-order valence-electron chi connectivity index (χ2n) is 4.35. The molecule has 0 aliphatic carbocycles. The second-order valence-corrected chi connectivity index (χ2v) is 5.29. The van der Waals surface area contributed by atoms with Crippen LogP contribution >= 0.6 is 23.7 Å². The third-order valence-electron chi connectivity index (χ3n) is 2.85. The number of carbonyl (C=O) groups is 1. The molecule has 5 nitrogen and oxygen atoms in total. The molecule has 1 aliphatic rings. The highest BCUT2D eigenvalue weighted by molar-refractivity contribution is 7.09. The van der Waals surface area contributed by atoms with E-state index in [0.717, 1.165) is 16.7 Å². The maximum atomic E-state index is 12.4. The van der Waals surface area contributed by atoms with Crippen molar-refractivity contribution < 1.29 is 22.7 Å². The molecule has 1 aromatic heterocycles. The average Bonchev–Trinajstić information content (AvgIpc) is 2.85. The predicted molar refractivity (Wildman–Crippen MR) is 73.4 cm³/mol. The smallest absolute Gasteiger partial charge is 0.375 e. The zero-order chi connectivity index (χ0) is 14.8. The number of morpholine rings is 1. The number of carbonyl (C=O) groups excluding carboxylic acids is 1. The fourth-order valence-corrected chi connectivity index (χ4v) is 2.56. The van der Waals surface area contributed by atoms with Gasteiger partial charge in [0.05, 0.1) is 19.3 Å². The quantitative estimate of drug-likeness (QED) is 0.873. The molecule has 0 bridgehead atoms. The first-order valence-corrected chi connectivity index (χ1v) is 6.90. The molecule has 1 saturated heterocycles. The fourth-order valence-electron chi connectivity index (χ4n) is 1.82. The summed E-state index contributed by atoms with van der Waals surface area (Å²) < 4.78 is 42.4. The van der Waals surface area contributed by atoms with Crippen molar-refractivity contribution in [2.45, 2.75) is 31.8 Å². The van der Waals surface area contributed by atoms with Crippen molar-refractivity contribution in [1.29, 1.82) is 0 Å². The number of alkyl halides is 3. The maximum absolute atomic E-state index is 12.4. The topological polar surface area (TPSA) is 63.2 Å². The van der Waals surface area contributed by atoms with Gasteiger partial charge in [0.1, 0.15) is 11.0 Å². The molecule has 2 rings (SSSR count). The Bertz CT molecular complexity index is 484. The van der Waals surface area contributed by atoms with Crippen LogP contribution < -0.4 is 10.6 Å². The Morgan fingerprint density at radius 1 is 1.62 bits per heavy atom. The van der Waals surface area contributed by atoms with Crippen LogP contribution in [0.15, 0.2) is 5.38 Å². The van der Waals surface area contributed by atoms with E-state index < -0.39 is 17.9 Å². The number of hydrogen-bond acceptors (Lipinski definition) is 5. The van der Waals surface area contributed by atoms with Crippen LogP contribution in [-0.2, 0) is 22.3 Å². The first-order valence-electron chi connectivity index (χ1n) is 6.02. The molecule has 0 radical (unpaired) electrons. The summed E-state index contributed by atoms with van der Waals surface area (Å²) in [5, 5.41) is 6.72. The molecule has 21 heavy (non-hydrogen) atoms. The van der Waals surface area contributed by atoms with Gasteiger partial charge in [-0.2, -0.15) is 13.2 Å². The van der Waals surface area contributed by atoms with Gasteiger partial charge in [0, 0.05) is 11.9 Å². The van der Waals surface area contributed by atoms with Gasteiger partial charge >= 0.3 is 6.18 Å². The van der Waals surface area contributed by atoms with E-state index in [9.17, 15) is 18.0 Å². The zero-order valence-corrected chi connectivity index (χ0v) is 12.7. The number of rotatable bonds is 3. The van der Waals surface area contributed by atoms with Gasteiger partial charge in [0.2, 0.25) is 5.91 Å². The van der Waals surface area contributed by atoms with Gasteiger partial charge in [-0.05, 0) is 6.92 Å². The Morgan fingerprint density at radius 2 is 2.33 bits per heavy atom. The molecule has 10 heteroatoms. The van der Waals surface area contributed by atoms with Crippen molar-refractivity contribution in [3.63, 3.8) is 0 Å². The first-order chi connectivity index (χ1) is 9.38. The molecule has 120 valence electrons. The van der Waals surface area contributed by atoms with Crippen LogP contribution in [0.2, 0.25) is 0 Å². The van der Waals surface area contributed by atoms with Gasteiger partial charge in [-0.3, -0.25) is 4.79 Å². The average molecular weight is 346 g/mol. The summed E-state index contributed by atoms with van der Waals surface area (Å²) in [5.41, 5.74) is -0.931. The number of amides is 1. The van der Waals surface area contributed by atoms with E-state index in [1.807, 2.05) is 0 Å². The molecule has 0 aromatic carbocycles. The van der Waals surface area contributed by atoms with Crippen molar-refractivity contribution in [1.82, 2.24) is 15.6 Å². The number of thiazole rings is 1. The highest BCUT2D eigenvalue weighted by atomic mass is 35.5. The Kier molecular flexibility index (Phi) is 6.39. The zero-order valence-electron chi connectivity index (χ0n) is 11.1. The minimum absolute atomic E-state index is 0. The molecule has 1 fully saturated rings. The lowest BCUT2D eigenvalue weighted by atomic mass is 10.1. The Hall–Kier alpha value is -0.900. The monoisotopic (exact) mass is 345 g/mol. The lowest BCUT2D eigenvalue weighted by Crippen LogP contribution is -2.55. The number of hydrogen-bond donors (Lipinski definition) is 2. The van der Waals surface area contributed by atoms with Crippen molar-refractivity contribution in [3.05, 3.63) is 16.1 Å². The molecule has 2 heterocycles. The molecule has 2 N–H and O–H groups in total. The first kappa shape index (κ1) is 18.1. The molecule has 1 aromatic rings. The summed E-state index contributed by atoms with van der Waals surface area (Å²) in [7, 11) is 0. The summed E-state index contributed by atoms with van der Waals surface area (Å²) >= 11 is 0.868. The highest BCUT2D eigenvalue weighted by Gasteiger charge is 2.34. The third kappa shape index (κ3) is 4.80. The van der Waals surface area contributed by atoms with Gasteiger partial charge in [0.25, 0.3) is 0 Å². The lowest BCUT2D eigenvalue weighted by Gasteiger charge is -2.29. The standard InChI is InChI=1S/C11H14F3N3O2S.ClH/c1-6-9(15-2-3-19-6)10(18)16-4-8-17-7(5-20-8)11(12,13)14;/h5-6,9,15H,2-4H2,1H3,(H,16,18);1H/t6-,9+;/m1./s1. The molecule has 0 saturated carbocycles. The van der Waals surface area contributed by atoms with Crippen molar-refractivity contribution >= 4 is 29.7 Å². The van der Waals surface area contributed by atoms with Crippen molar-refractivity contribution in [3.8, 4) is 0 Å². The van der Waals surface area contributed by atoms with Gasteiger partial charge in [-0.15, -0.1) is 23.7 Å². The molecular formula is C11H15ClF3N3O2S. The molecule has 2 atom stereocenters. The molecule has 0 unspecified atom stereocenters. The predicted octanol–water partition coefficient (Wildman–Crippen LogP) is 1.58. The Labute approximate surface area is 129 Å². The number of nitrogens with one attached hydrogen (secondary N) is 2. The van der Waals surface area contributed by atoms with Crippen LogP contribution in [0.4, 0.5) is 13.2 Å². The number of ether oxygens (including phenoxy) is 1. The van der Waals surface area contributed by atoms with E-state index in [2.05, 4.69) is 15.6 Å². The molecule has 1 amide bonds. The number of halogens is 4. The summed E-state index contributed by atoms with van der Waals surface area (Å²) in [6.45, 7) is 2.84. The van der Waals surface area contributed by atoms with Crippen molar-refractivity contribution in [2.75, 3.05) is 13.2 Å². The normalized spacial score (nSPS) is 22.5. The highest BCUT2D eigenvalue weighted by Crippen LogP contribution is 2.29. The Morgan fingerprint density at radius 3 is 2.90 bits per heavy atom. The second kappa shape index (κ2) is 7.39. The number of nitrogens with zero attached hydrogens (tertiary/aromatic N) is 1. The van der Waals surface area contributed by atoms with E-state index in [4.69, 9.17) is 4.74 Å². The van der Waals surface area contributed by atoms with Crippen LogP contribution in [0.3, 0.4) is 0 Å². The largest absolute Gasteiger partial charge is 0.434 e. The lowest BCUT2D eigenvalue weighted by molar-refractivity contribution is -0.140. The van der Waals surface area contributed by atoms with Crippen LogP contribution in [0, 0.1) is 0 Å². The SMILES string of the molecule is C[C@H]1OCCN[C@@H]1C(=O)NCc1nc(C(F)(F)F)cs1.Cl. The third-order valence-corrected chi connectivity index (χ3v) is 3.70. The fraction of sp³-hybridized carbons (Fsp3) is 0.636.